The van der Waals surface area contributed by atoms with Crippen LogP contribution >= 0.6 is 7.60 Å². The largest absolute Gasteiger partial charge is 0.377 e. The Balaban J connectivity index is 1.45. The maximum absolute atomic E-state index is 15.2. The molecule has 3 N–H and O–H groups in total. The number of allylic oxidation sites excluding steroid dienone is 2. The highest BCUT2D eigenvalue weighted by molar-refractivity contribution is 7.62. The zero-order chi connectivity index (χ0) is 41.5. The molecule has 0 saturated heterocycles. The Kier molecular flexibility index (Phi) is 10.5. The van der Waals surface area contributed by atoms with Crippen LogP contribution in [0.15, 0.2) is 150 Å². The minimum absolute atomic E-state index is 0.211. The molecule has 0 fully saturated rings. The van der Waals surface area contributed by atoms with Gasteiger partial charge in [0.15, 0.2) is 0 Å². The van der Waals surface area contributed by atoms with E-state index in [9.17, 15) is 0 Å². The van der Waals surface area contributed by atoms with Crippen molar-refractivity contribution in [1.82, 2.24) is 15.0 Å². The van der Waals surface area contributed by atoms with Crippen molar-refractivity contribution in [3.05, 3.63) is 223 Å². The summed E-state index contributed by atoms with van der Waals surface area (Å²) in [6, 6.07) is 45.0. The molecule has 0 spiro atoms. The Hall–Kier alpha value is -6.24. The first-order chi connectivity index (χ1) is 29.1. The molecule has 2 aliphatic heterocycles. The molecule has 60 heavy (non-hydrogen) atoms. The number of rotatable bonds is 9. The van der Waals surface area contributed by atoms with Gasteiger partial charge in [0, 0.05) is 44.5 Å². The first-order valence-corrected chi connectivity index (χ1v) is 22.2. The van der Waals surface area contributed by atoms with Crippen LogP contribution in [-0.4, -0.2) is 33.9 Å². The lowest BCUT2D eigenvalue weighted by Crippen LogP contribution is -2.20. The minimum Gasteiger partial charge on any atom is -0.358 e. The lowest BCUT2D eigenvalue weighted by molar-refractivity contribution is 0.229. The summed E-state index contributed by atoms with van der Waals surface area (Å²) in [5.74, 6) is -0.385. The minimum atomic E-state index is -3.88. The van der Waals surface area contributed by atoms with Crippen LogP contribution in [0.3, 0.4) is 0 Å². The van der Waals surface area contributed by atoms with E-state index in [2.05, 4.69) is 182 Å². The van der Waals surface area contributed by atoms with E-state index < -0.39 is 7.60 Å². The van der Waals surface area contributed by atoms with Crippen molar-refractivity contribution in [1.29, 1.82) is 0 Å². The number of H-pyrrole nitrogens is 3. The van der Waals surface area contributed by atoms with Gasteiger partial charge in [0.25, 0.3) is 0 Å². The van der Waals surface area contributed by atoms with Crippen molar-refractivity contribution < 1.29 is 13.6 Å². The average Bonchev–Trinajstić information content (AvgIpc) is 4.08. The topological polar surface area (TPSA) is 95.3 Å². The Morgan fingerprint density at radius 3 is 1.63 bits per heavy atom. The van der Waals surface area contributed by atoms with Crippen molar-refractivity contribution in [3.8, 4) is 0 Å². The van der Waals surface area contributed by atoms with E-state index in [0.717, 1.165) is 94.9 Å². The molecule has 0 saturated carbocycles. The zero-order valence-corrected chi connectivity index (χ0v) is 35.8. The van der Waals surface area contributed by atoms with Crippen LogP contribution in [0.25, 0.3) is 16.7 Å². The van der Waals surface area contributed by atoms with Gasteiger partial charge in [-0.2, -0.15) is 0 Å². The Labute approximate surface area is 351 Å². The van der Waals surface area contributed by atoms with Gasteiger partial charge < -0.3 is 24.0 Å². The van der Waals surface area contributed by atoms with Gasteiger partial charge in [0.2, 0.25) is 0 Å². The Morgan fingerprint density at radius 2 is 1.07 bits per heavy atom. The number of aliphatic imine (C=N–C) groups is 1. The number of aromatic nitrogens is 3. The fraction of sp³-hybridized carbons (Fsp3) is 0.173. The number of aromatic amines is 3. The lowest BCUT2D eigenvalue weighted by Gasteiger charge is -2.22. The van der Waals surface area contributed by atoms with Gasteiger partial charge in [-0.25, -0.2) is 4.99 Å². The van der Waals surface area contributed by atoms with Crippen molar-refractivity contribution >= 4 is 35.5 Å². The molecule has 8 heteroatoms. The third-order valence-corrected chi connectivity index (χ3v) is 13.5. The molecular formula is C52H49N4O3P. The molecule has 0 radical (unpaired) electrons. The molecule has 3 aromatic heterocycles. The van der Waals surface area contributed by atoms with Gasteiger partial charge >= 0.3 is 7.60 Å². The number of benzene rings is 4. The van der Waals surface area contributed by atoms with Crippen molar-refractivity contribution in [2.24, 2.45) is 4.99 Å². The lowest BCUT2D eigenvalue weighted by atomic mass is 9.89. The maximum Gasteiger partial charge on any atom is 0.377 e. The van der Waals surface area contributed by atoms with E-state index in [0.29, 0.717) is 5.44 Å². The molecule has 7 aromatic rings. The van der Waals surface area contributed by atoms with Crippen molar-refractivity contribution in [3.63, 3.8) is 0 Å². The van der Waals surface area contributed by atoms with Crippen LogP contribution < -0.4 is 16.1 Å². The number of aryl methyl sites for hydroxylation is 4. The summed E-state index contributed by atoms with van der Waals surface area (Å²) in [7, 11) is -3.88. The van der Waals surface area contributed by atoms with E-state index >= 15 is 4.57 Å². The highest BCUT2D eigenvalue weighted by atomic mass is 31.2. The molecule has 2 aliphatic rings. The fourth-order valence-corrected chi connectivity index (χ4v) is 10.2. The molecule has 4 aromatic carbocycles. The smallest absolute Gasteiger partial charge is 0.358 e. The fourth-order valence-electron chi connectivity index (χ4n) is 8.39. The second-order valence-electron chi connectivity index (χ2n) is 15.7. The third kappa shape index (κ3) is 7.34. The molecule has 5 heterocycles. The standard InChI is InChI=1S/C52H49N4O3P/c1-7-58-60(57,59-8-2)52-40-31-47(56-52)51(39-23-15-35(6)16-24-39)46-30-29-45(55-46)50(38-21-13-34(5)14-22-38)44-28-27-43(54-44)49(37-19-11-33(4)12-20-37)42-26-25-41(53-42)48(40)36-17-9-32(3)10-18-36/h9-31,48,53,55-56H,7-8H2,1-6H3/b49-43-,50-45-,51-46-/t48-/m0/s1. The number of nitrogens with one attached hydrogen (secondary N) is 3. The first kappa shape index (κ1) is 39.2. The number of hydrogen-bond acceptors (Lipinski definition) is 4. The third-order valence-electron chi connectivity index (χ3n) is 11.4. The summed E-state index contributed by atoms with van der Waals surface area (Å²) in [6.45, 7) is 12.5. The highest BCUT2D eigenvalue weighted by Crippen LogP contribution is 2.50. The van der Waals surface area contributed by atoms with Gasteiger partial charge in [-0.15, -0.1) is 0 Å². The second-order valence-corrected chi connectivity index (χ2v) is 17.7. The molecule has 0 aliphatic carbocycles. The monoisotopic (exact) mass is 808 g/mol. The predicted octanol–water partition coefficient (Wildman–Crippen LogP) is 10.2. The van der Waals surface area contributed by atoms with Gasteiger partial charge in [0.1, 0.15) is 5.44 Å². The average molecular weight is 809 g/mol. The summed E-state index contributed by atoms with van der Waals surface area (Å²) in [5, 5.41) is 1.81. The van der Waals surface area contributed by atoms with E-state index in [1.807, 2.05) is 13.8 Å². The van der Waals surface area contributed by atoms with Gasteiger partial charge in [-0.1, -0.05) is 119 Å². The molecule has 300 valence electrons. The first-order valence-electron chi connectivity index (χ1n) is 20.7. The van der Waals surface area contributed by atoms with Gasteiger partial charge in [-0.05, 0) is 112 Å². The van der Waals surface area contributed by atoms with E-state index in [4.69, 9.17) is 14.0 Å². The molecule has 0 unspecified atom stereocenters. The van der Waals surface area contributed by atoms with Crippen LogP contribution in [0.5, 0.6) is 0 Å². The highest BCUT2D eigenvalue weighted by Gasteiger charge is 2.37. The normalized spacial score (nSPS) is 18.2. The zero-order valence-electron chi connectivity index (χ0n) is 34.9. The van der Waals surface area contributed by atoms with E-state index in [1.165, 1.54) is 11.1 Å². The Bertz CT molecular complexity index is 2980. The molecule has 1 atom stereocenters. The van der Waals surface area contributed by atoms with Crippen LogP contribution in [0.2, 0.25) is 0 Å². The molecule has 7 nitrogen and oxygen atoms in total. The van der Waals surface area contributed by atoms with E-state index in [1.54, 1.807) is 0 Å². The number of nitrogens with zero attached hydrogens (tertiary/aromatic N) is 1. The summed E-state index contributed by atoms with van der Waals surface area (Å²) in [4.78, 5) is 16.9. The summed E-state index contributed by atoms with van der Waals surface area (Å²) >= 11 is 0. The van der Waals surface area contributed by atoms with Crippen LogP contribution in [0.4, 0.5) is 0 Å². The van der Waals surface area contributed by atoms with Gasteiger partial charge in [-0.3, -0.25) is 4.57 Å². The maximum atomic E-state index is 15.2. The van der Waals surface area contributed by atoms with Gasteiger partial charge in [0.05, 0.1) is 30.5 Å². The molecule has 0 amide bonds. The summed E-state index contributed by atoms with van der Waals surface area (Å²) in [5.41, 5.74) is 17.3. The second kappa shape index (κ2) is 16.1. The van der Waals surface area contributed by atoms with Crippen LogP contribution in [0, 0.1) is 27.7 Å². The number of hydrogen-bond donors (Lipinski definition) is 3. The molecular weight excluding hydrogens is 760 g/mol. The predicted molar refractivity (Wildman–Crippen MR) is 245 cm³/mol. The summed E-state index contributed by atoms with van der Waals surface area (Å²) < 4.78 is 27.5. The Morgan fingerprint density at radius 1 is 0.550 bits per heavy atom. The van der Waals surface area contributed by atoms with Crippen molar-refractivity contribution in [2.45, 2.75) is 47.5 Å². The van der Waals surface area contributed by atoms with Crippen LogP contribution in [0.1, 0.15) is 86.9 Å². The molecule has 9 rings (SSSR count). The quantitative estimate of drug-likeness (QED) is 0.127. The van der Waals surface area contributed by atoms with Crippen molar-refractivity contribution in [2.75, 3.05) is 13.2 Å². The number of fused-ring (bicyclic) bond motifs is 7. The van der Waals surface area contributed by atoms with Crippen LogP contribution in [-0.2, 0) is 13.6 Å². The SMILES string of the molecule is CCOP(=O)(OCC)c1[nH]c2cc1[C@H](c1ccc(C)cc1)c1ccc([nH]1)/C(c1ccc(C)cc1)=C1/C=CC(=N1)/C(c1ccc(C)cc1)=c1/cc/c([nH]1)=C/2c1ccc(C)cc1. The molecule has 8 bridgehead atoms. The van der Waals surface area contributed by atoms with E-state index in [-0.39, 0.29) is 19.1 Å². The summed E-state index contributed by atoms with van der Waals surface area (Å²) in [6.07, 6.45) is 4.25.